The Kier molecular flexibility index (Phi) is 7.20. The summed E-state index contributed by atoms with van der Waals surface area (Å²) >= 11 is 5.94. The van der Waals surface area contributed by atoms with Crippen molar-refractivity contribution in [1.82, 2.24) is 5.32 Å². The number of para-hydroxylation sites is 2. The first kappa shape index (κ1) is 21.5. The van der Waals surface area contributed by atoms with Crippen LogP contribution in [0.4, 0.5) is 0 Å². The van der Waals surface area contributed by atoms with E-state index in [2.05, 4.69) is 5.32 Å². The van der Waals surface area contributed by atoms with Crippen molar-refractivity contribution >= 4 is 17.5 Å². The van der Waals surface area contributed by atoms with Crippen molar-refractivity contribution in [3.63, 3.8) is 0 Å². The van der Waals surface area contributed by atoms with Gasteiger partial charge in [-0.05, 0) is 55.0 Å². The Morgan fingerprint density at radius 3 is 2.27 bits per heavy atom. The zero-order valence-corrected chi connectivity index (χ0v) is 17.9. The van der Waals surface area contributed by atoms with Crippen LogP contribution in [-0.2, 0) is 6.61 Å². The van der Waals surface area contributed by atoms with Crippen LogP contribution in [0.2, 0.25) is 5.02 Å². The Labute approximate surface area is 181 Å². The van der Waals surface area contributed by atoms with Gasteiger partial charge in [-0.3, -0.25) is 4.79 Å². The van der Waals surface area contributed by atoms with Crippen LogP contribution in [0.1, 0.15) is 34.5 Å². The first-order valence-corrected chi connectivity index (χ1v) is 9.88. The van der Waals surface area contributed by atoms with E-state index in [9.17, 15) is 4.79 Å². The number of carbonyl (C=O) groups excluding carboxylic acids is 1. The molecule has 1 N–H and O–H groups in total. The van der Waals surface area contributed by atoms with E-state index < -0.39 is 0 Å². The molecule has 30 heavy (non-hydrogen) atoms. The Bertz CT molecular complexity index is 1000. The zero-order chi connectivity index (χ0) is 21.5. The summed E-state index contributed by atoms with van der Waals surface area (Å²) < 4.78 is 16.7. The molecule has 1 amide bonds. The molecule has 3 aromatic rings. The van der Waals surface area contributed by atoms with E-state index in [-0.39, 0.29) is 18.6 Å². The van der Waals surface area contributed by atoms with Gasteiger partial charge in [-0.25, -0.2) is 0 Å². The SMILES string of the molecule is COc1ccc(C(=O)N[C@@H](C)c2ccc(Cl)cc2)cc1COc1ccccc1OC. The van der Waals surface area contributed by atoms with Crippen molar-refractivity contribution in [2.45, 2.75) is 19.6 Å². The molecule has 0 spiro atoms. The summed E-state index contributed by atoms with van der Waals surface area (Å²) in [5.41, 5.74) is 2.26. The van der Waals surface area contributed by atoms with E-state index in [4.69, 9.17) is 25.8 Å². The largest absolute Gasteiger partial charge is 0.496 e. The van der Waals surface area contributed by atoms with Gasteiger partial charge in [0.2, 0.25) is 0 Å². The number of amides is 1. The molecule has 0 radical (unpaired) electrons. The van der Waals surface area contributed by atoms with Crippen molar-refractivity contribution in [2.24, 2.45) is 0 Å². The summed E-state index contributed by atoms with van der Waals surface area (Å²) in [4.78, 5) is 12.8. The van der Waals surface area contributed by atoms with Gasteiger partial charge >= 0.3 is 0 Å². The highest BCUT2D eigenvalue weighted by atomic mass is 35.5. The van der Waals surface area contributed by atoms with Crippen LogP contribution in [0, 0.1) is 0 Å². The fourth-order valence-corrected chi connectivity index (χ4v) is 3.17. The lowest BCUT2D eigenvalue weighted by atomic mass is 10.1. The third-order valence-corrected chi connectivity index (χ3v) is 4.96. The molecular weight excluding hydrogens is 402 g/mol. The van der Waals surface area contributed by atoms with Crippen molar-refractivity contribution in [1.29, 1.82) is 0 Å². The number of ether oxygens (including phenoxy) is 3. The first-order chi connectivity index (χ1) is 14.5. The maximum atomic E-state index is 12.8. The number of rotatable bonds is 8. The van der Waals surface area contributed by atoms with Gasteiger partial charge in [0.1, 0.15) is 12.4 Å². The lowest BCUT2D eigenvalue weighted by molar-refractivity contribution is 0.0939. The van der Waals surface area contributed by atoms with Crippen molar-refractivity contribution in [3.8, 4) is 17.2 Å². The van der Waals surface area contributed by atoms with Gasteiger partial charge in [0.05, 0.1) is 20.3 Å². The molecule has 3 aromatic carbocycles. The second-order valence-electron chi connectivity index (χ2n) is 6.71. The Morgan fingerprint density at radius 2 is 1.60 bits per heavy atom. The summed E-state index contributed by atoms with van der Waals surface area (Å²) in [5.74, 6) is 1.72. The van der Waals surface area contributed by atoms with Crippen LogP contribution >= 0.6 is 11.6 Å². The molecule has 0 aliphatic carbocycles. The van der Waals surface area contributed by atoms with Gasteiger partial charge in [0, 0.05) is 16.1 Å². The maximum Gasteiger partial charge on any atom is 0.251 e. The molecule has 0 fully saturated rings. The van der Waals surface area contributed by atoms with E-state index in [1.165, 1.54) is 0 Å². The fourth-order valence-electron chi connectivity index (χ4n) is 3.04. The minimum atomic E-state index is -0.182. The van der Waals surface area contributed by atoms with E-state index in [1.54, 1.807) is 44.6 Å². The number of benzene rings is 3. The third-order valence-electron chi connectivity index (χ3n) is 4.71. The highest BCUT2D eigenvalue weighted by molar-refractivity contribution is 6.30. The van der Waals surface area contributed by atoms with Gasteiger partial charge < -0.3 is 19.5 Å². The first-order valence-electron chi connectivity index (χ1n) is 9.51. The number of hydrogen-bond acceptors (Lipinski definition) is 4. The van der Waals surface area contributed by atoms with Gasteiger partial charge in [-0.2, -0.15) is 0 Å². The fraction of sp³-hybridized carbons (Fsp3) is 0.208. The number of nitrogens with one attached hydrogen (secondary N) is 1. The second kappa shape index (κ2) is 10.0. The normalized spacial score (nSPS) is 11.5. The Balaban J connectivity index is 1.74. The predicted molar refractivity (Wildman–Crippen MR) is 118 cm³/mol. The lowest BCUT2D eigenvalue weighted by Crippen LogP contribution is -2.26. The summed E-state index contributed by atoms with van der Waals surface area (Å²) in [5, 5.41) is 3.66. The average Bonchev–Trinajstić information content (AvgIpc) is 2.77. The van der Waals surface area contributed by atoms with Gasteiger partial charge in [0.25, 0.3) is 5.91 Å². The highest BCUT2D eigenvalue weighted by Crippen LogP contribution is 2.28. The van der Waals surface area contributed by atoms with Crippen LogP contribution < -0.4 is 19.5 Å². The molecule has 0 aromatic heterocycles. The smallest absolute Gasteiger partial charge is 0.251 e. The van der Waals surface area contributed by atoms with Crippen LogP contribution in [0.15, 0.2) is 66.7 Å². The Hall–Kier alpha value is -3.18. The molecule has 0 aliphatic heterocycles. The Morgan fingerprint density at radius 1 is 0.933 bits per heavy atom. The number of methoxy groups -OCH3 is 2. The molecule has 6 heteroatoms. The molecular formula is C24H24ClNO4. The summed E-state index contributed by atoms with van der Waals surface area (Å²) in [6.07, 6.45) is 0. The average molecular weight is 426 g/mol. The molecule has 0 unspecified atom stereocenters. The van der Waals surface area contributed by atoms with Crippen LogP contribution in [0.3, 0.4) is 0 Å². The van der Waals surface area contributed by atoms with E-state index >= 15 is 0 Å². The quantitative estimate of drug-likeness (QED) is 0.523. The van der Waals surface area contributed by atoms with Gasteiger partial charge in [-0.15, -0.1) is 0 Å². The second-order valence-corrected chi connectivity index (χ2v) is 7.15. The minimum absolute atomic E-state index is 0.162. The van der Waals surface area contributed by atoms with Crippen LogP contribution in [-0.4, -0.2) is 20.1 Å². The molecule has 0 heterocycles. The zero-order valence-electron chi connectivity index (χ0n) is 17.1. The van der Waals surface area contributed by atoms with E-state index in [1.807, 2.05) is 43.3 Å². The molecule has 1 atom stereocenters. The van der Waals surface area contributed by atoms with Crippen LogP contribution in [0.25, 0.3) is 0 Å². The highest BCUT2D eigenvalue weighted by Gasteiger charge is 2.15. The predicted octanol–water partition coefficient (Wildman–Crippen LogP) is 5.43. The van der Waals surface area contributed by atoms with E-state index in [0.29, 0.717) is 27.8 Å². The summed E-state index contributed by atoms with van der Waals surface area (Å²) in [7, 11) is 3.18. The maximum absolute atomic E-state index is 12.8. The summed E-state index contributed by atoms with van der Waals surface area (Å²) in [6, 6.07) is 19.9. The van der Waals surface area contributed by atoms with Gasteiger partial charge in [-0.1, -0.05) is 35.9 Å². The van der Waals surface area contributed by atoms with E-state index in [0.717, 1.165) is 11.1 Å². The van der Waals surface area contributed by atoms with Gasteiger partial charge in [0.15, 0.2) is 11.5 Å². The lowest BCUT2D eigenvalue weighted by Gasteiger charge is -2.16. The third kappa shape index (κ3) is 5.24. The molecule has 0 saturated carbocycles. The van der Waals surface area contributed by atoms with Crippen molar-refractivity contribution in [2.75, 3.05) is 14.2 Å². The number of carbonyl (C=O) groups is 1. The van der Waals surface area contributed by atoms with Crippen molar-refractivity contribution in [3.05, 3.63) is 88.4 Å². The molecule has 0 bridgehead atoms. The standard InChI is InChI=1S/C24H24ClNO4/c1-16(17-8-11-20(25)12-9-17)26-24(27)18-10-13-21(28-2)19(14-18)15-30-23-7-5-4-6-22(23)29-3/h4-14,16H,15H2,1-3H3,(H,26,27)/t16-/m0/s1. The topological polar surface area (TPSA) is 56.8 Å². The molecule has 156 valence electrons. The molecule has 0 saturated heterocycles. The number of hydrogen-bond donors (Lipinski definition) is 1. The van der Waals surface area contributed by atoms with Crippen LogP contribution in [0.5, 0.6) is 17.2 Å². The molecule has 0 aliphatic rings. The minimum Gasteiger partial charge on any atom is -0.496 e. The summed E-state index contributed by atoms with van der Waals surface area (Å²) in [6.45, 7) is 2.16. The van der Waals surface area contributed by atoms with Crippen molar-refractivity contribution < 1.29 is 19.0 Å². The molecule has 3 rings (SSSR count). The number of halogens is 1. The monoisotopic (exact) mass is 425 g/mol. The molecule has 5 nitrogen and oxygen atoms in total.